The average molecular weight is 341 g/mol. The van der Waals surface area contributed by atoms with Crippen LogP contribution < -0.4 is 10.1 Å². The fraction of sp³-hybridized carbons (Fsp3) is 0.526. The Morgan fingerprint density at radius 1 is 1.32 bits per heavy atom. The third-order valence-electron chi connectivity index (χ3n) is 4.90. The number of benzene rings is 1. The van der Waals surface area contributed by atoms with Gasteiger partial charge in [0.2, 0.25) is 0 Å². The van der Waals surface area contributed by atoms with Crippen LogP contribution >= 0.6 is 0 Å². The highest BCUT2D eigenvalue weighted by Gasteiger charge is 2.50. The smallest absolute Gasteiger partial charge is 0.325 e. The molecule has 0 radical (unpaired) electrons. The Labute approximate surface area is 147 Å². The topological polar surface area (TPSA) is 82.4 Å². The van der Waals surface area contributed by atoms with Crippen molar-refractivity contribution < 1.29 is 14.3 Å². The SMILES string of the molecule is CC(C)c1cc(OC2CC(N3C(=O)NC(C)(C)C3=O)C2)ccc1C#N. The maximum absolute atomic E-state index is 12.3. The first kappa shape index (κ1) is 17.3. The molecule has 1 aromatic rings. The van der Waals surface area contributed by atoms with Gasteiger partial charge in [0.15, 0.2) is 0 Å². The molecule has 1 saturated carbocycles. The van der Waals surface area contributed by atoms with Gasteiger partial charge in [-0.15, -0.1) is 0 Å². The number of ether oxygens (including phenoxy) is 1. The van der Waals surface area contributed by atoms with E-state index < -0.39 is 5.54 Å². The second kappa shape index (κ2) is 6.07. The third-order valence-corrected chi connectivity index (χ3v) is 4.90. The van der Waals surface area contributed by atoms with Crippen LogP contribution in [0.2, 0.25) is 0 Å². The van der Waals surface area contributed by atoms with Crippen molar-refractivity contribution in [2.75, 3.05) is 0 Å². The molecule has 3 rings (SSSR count). The summed E-state index contributed by atoms with van der Waals surface area (Å²) in [4.78, 5) is 25.6. The lowest BCUT2D eigenvalue weighted by molar-refractivity contribution is -0.134. The van der Waals surface area contributed by atoms with E-state index in [1.807, 2.05) is 19.9 Å². The van der Waals surface area contributed by atoms with Gasteiger partial charge >= 0.3 is 6.03 Å². The number of carbonyl (C=O) groups excluding carboxylic acids is 2. The van der Waals surface area contributed by atoms with E-state index >= 15 is 0 Å². The summed E-state index contributed by atoms with van der Waals surface area (Å²) in [6.45, 7) is 7.51. The van der Waals surface area contributed by atoms with E-state index in [1.165, 1.54) is 4.90 Å². The minimum absolute atomic E-state index is 0.0257. The molecular formula is C19H23N3O3. The molecule has 0 atom stereocenters. The second-order valence-electron chi connectivity index (χ2n) is 7.61. The number of carbonyl (C=O) groups is 2. The Morgan fingerprint density at radius 2 is 2.00 bits per heavy atom. The highest BCUT2D eigenvalue weighted by Crippen LogP contribution is 2.34. The third kappa shape index (κ3) is 3.07. The van der Waals surface area contributed by atoms with Crippen molar-refractivity contribution in [1.82, 2.24) is 10.2 Å². The van der Waals surface area contributed by atoms with Crippen LogP contribution in [-0.4, -0.2) is 34.5 Å². The van der Waals surface area contributed by atoms with E-state index in [9.17, 15) is 14.9 Å². The first-order chi connectivity index (χ1) is 11.7. The van der Waals surface area contributed by atoms with Crippen molar-refractivity contribution in [3.05, 3.63) is 29.3 Å². The van der Waals surface area contributed by atoms with Crippen LogP contribution in [0.4, 0.5) is 4.79 Å². The van der Waals surface area contributed by atoms with Gasteiger partial charge in [-0.25, -0.2) is 4.79 Å². The lowest BCUT2D eigenvalue weighted by atomic mass is 9.87. The number of urea groups is 1. The summed E-state index contributed by atoms with van der Waals surface area (Å²) in [5.41, 5.74) is 0.796. The summed E-state index contributed by atoms with van der Waals surface area (Å²) in [7, 11) is 0. The highest BCUT2D eigenvalue weighted by molar-refractivity contribution is 6.06. The fourth-order valence-electron chi connectivity index (χ4n) is 3.34. The average Bonchev–Trinajstić information content (AvgIpc) is 2.71. The second-order valence-corrected chi connectivity index (χ2v) is 7.61. The summed E-state index contributed by atoms with van der Waals surface area (Å²) in [6, 6.07) is 7.26. The van der Waals surface area contributed by atoms with Crippen LogP contribution in [0, 0.1) is 11.3 Å². The zero-order valence-corrected chi connectivity index (χ0v) is 15.0. The quantitative estimate of drug-likeness (QED) is 0.854. The molecule has 3 amide bonds. The molecule has 132 valence electrons. The molecule has 1 N–H and O–H groups in total. The largest absolute Gasteiger partial charge is 0.490 e. The molecule has 6 nitrogen and oxygen atoms in total. The Balaban J connectivity index is 1.63. The van der Waals surface area contributed by atoms with E-state index in [2.05, 4.69) is 11.4 Å². The van der Waals surface area contributed by atoms with Crippen molar-refractivity contribution >= 4 is 11.9 Å². The van der Waals surface area contributed by atoms with Crippen molar-refractivity contribution in [1.29, 1.82) is 5.26 Å². The Bertz CT molecular complexity index is 758. The van der Waals surface area contributed by atoms with Crippen LogP contribution in [0.5, 0.6) is 5.75 Å². The van der Waals surface area contributed by atoms with Crippen molar-refractivity contribution in [2.24, 2.45) is 0 Å². The summed E-state index contributed by atoms with van der Waals surface area (Å²) < 4.78 is 5.97. The molecular weight excluding hydrogens is 318 g/mol. The Hall–Kier alpha value is -2.55. The van der Waals surface area contributed by atoms with Crippen LogP contribution in [-0.2, 0) is 4.79 Å². The number of rotatable bonds is 4. The van der Waals surface area contributed by atoms with Crippen LogP contribution in [0.15, 0.2) is 18.2 Å². The zero-order valence-electron chi connectivity index (χ0n) is 15.0. The molecule has 0 bridgehead atoms. The number of hydrogen-bond donors (Lipinski definition) is 1. The molecule has 25 heavy (non-hydrogen) atoms. The van der Waals surface area contributed by atoms with Gasteiger partial charge < -0.3 is 10.1 Å². The maximum Gasteiger partial charge on any atom is 0.325 e. The molecule has 1 aromatic carbocycles. The molecule has 1 heterocycles. The normalized spacial score (nSPS) is 24.7. The molecule has 2 fully saturated rings. The van der Waals surface area contributed by atoms with Gasteiger partial charge in [-0.3, -0.25) is 9.69 Å². The lowest BCUT2D eigenvalue weighted by Gasteiger charge is -2.39. The van der Waals surface area contributed by atoms with Crippen molar-refractivity contribution in [3.8, 4) is 11.8 Å². The van der Waals surface area contributed by atoms with Gasteiger partial charge in [0.05, 0.1) is 11.6 Å². The van der Waals surface area contributed by atoms with Gasteiger partial charge in [0, 0.05) is 18.9 Å². The van der Waals surface area contributed by atoms with Gasteiger partial charge in [-0.05, 0) is 43.5 Å². The van der Waals surface area contributed by atoms with E-state index in [-0.39, 0.29) is 30.0 Å². The maximum atomic E-state index is 12.3. The fourth-order valence-corrected chi connectivity index (χ4v) is 3.34. The van der Waals surface area contributed by atoms with E-state index in [4.69, 9.17) is 4.74 Å². The molecule has 0 unspecified atom stereocenters. The molecule has 1 saturated heterocycles. The molecule has 1 aliphatic heterocycles. The van der Waals surface area contributed by atoms with Crippen LogP contribution in [0.25, 0.3) is 0 Å². The number of imide groups is 1. The molecule has 0 spiro atoms. The zero-order chi connectivity index (χ0) is 18.4. The Kier molecular flexibility index (Phi) is 4.19. The predicted octanol–water partition coefficient (Wildman–Crippen LogP) is 2.92. The summed E-state index contributed by atoms with van der Waals surface area (Å²) in [5.74, 6) is 0.783. The number of hydrogen-bond acceptors (Lipinski definition) is 4. The van der Waals surface area contributed by atoms with Gasteiger partial charge in [-0.2, -0.15) is 5.26 Å². The summed E-state index contributed by atoms with van der Waals surface area (Å²) in [6.07, 6.45) is 1.24. The van der Waals surface area contributed by atoms with Gasteiger partial charge in [0.25, 0.3) is 5.91 Å². The van der Waals surface area contributed by atoms with E-state index in [1.54, 1.807) is 26.0 Å². The summed E-state index contributed by atoms with van der Waals surface area (Å²) in [5, 5.41) is 11.9. The molecule has 2 aliphatic rings. The van der Waals surface area contributed by atoms with Crippen LogP contribution in [0.1, 0.15) is 57.6 Å². The standard InChI is InChI=1S/C19H23N3O3/c1-11(2)16-9-14(6-5-12(16)10-20)25-15-7-13(8-15)22-17(23)19(3,4)21-18(22)24/h5-6,9,11,13,15H,7-8H2,1-4H3,(H,21,24). The number of nitrogens with zero attached hydrogens (tertiary/aromatic N) is 2. The number of amides is 3. The first-order valence-corrected chi connectivity index (χ1v) is 8.59. The lowest BCUT2D eigenvalue weighted by Crippen LogP contribution is -2.52. The number of nitriles is 1. The van der Waals surface area contributed by atoms with E-state index in [0.29, 0.717) is 18.4 Å². The minimum atomic E-state index is -0.831. The van der Waals surface area contributed by atoms with E-state index in [0.717, 1.165) is 11.3 Å². The molecule has 1 aliphatic carbocycles. The highest BCUT2D eigenvalue weighted by atomic mass is 16.5. The Morgan fingerprint density at radius 3 is 2.52 bits per heavy atom. The van der Waals surface area contributed by atoms with Gasteiger partial charge in [-0.1, -0.05) is 13.8 Å². The van der Waals surface area contributed by atoms with Gasteiger partial charge in [0.1, 0.15) is 17.4 Å². The van der Waals surface area contributed by atoms with Crippen molar-refractivity contribution in [2.45, 2.75) is 64.1 Å². The molecule has 0 aromatic heterocycles. The van der Waals surface area contributed by atoms with Crippen LogP contribution in [0.3, 0.4) is 0 Å². The summed E-state index contributed by atoms with van der Waals surface area (Å²) >= 11 is 0. The predicted molar refractivity (Wildman–Crippen MR) is 92.1 cm³/mol. The number of nitrogens with one attached hydrogen (secondary N) is 1. The monoisotopic (exact) mass is 341 g/mol. The minimum Gasteiger partial charge on any atom is -0.490 e. The first-order valence-electron chi connectivity index (χ1n) is 8.59. The van der Waals surface area contributed by atoms with Crippen molar-refractivity contribution in [3.63, 3.8) is 0 Å². The molecule has 6 heteroatoms.